The zero-order valence-electron chi connectivity index (χ0n) is 7.86. The van der Waals surface area contributed by atoms with Crippen LogP contribution in [0.25, 0.3) is 0 Å². The van der Waals surface area contributed by atoms with Crippen LogP contribution in [0.1, 0.15) is 11.4 Å². The number of anilines is 1. The highest BCUT2D eigenvalue weighted by Gasteiger charge is 2.26. The molecule has 4 nitrogen and oxygen atoms in total. The number of nitrogens with zero attached hydrogens (tertiary/aromatic N) is 3. The van der Waals surface area contributed by atoms with E-state index in [1.165, 1.54) is 0 Å². The summed E-state index contributed by atoms with van der Waals surface area (Å²) in [5.74, 6) is 0.739. The molecule has 1 aliphatic rings. The Morgan fingerprint density at radius 2 is 1.85 bits per heavy atom. The monoisotopic (exact) mass is 179 g/mol. The Balaban J connectivity index is 2.21. The van der Waals surface area contributed by atoms with Crippen molar-refractivity contribution in [2.24, 2.45) is 0 Å². The van der Waals surface area contributed by atoms with E-state index in [0.29, 0.717) is 13.1 Å². The van der Waals surface area contributed by atoms with E-state index in [9.17, 15) is 0 Å². The number of aryl methyl sites for hydroxylation is 2. The van der Waals surface area contributed by atoms with Gasteiger partial charge in [-0.05, 0) is 19.9 Å². The molecule has 4 heteroatoms. The zero-order valence-corrected chi connectivity index (χ0v) is 7.86. The molecule has 0 aliphatic carbocycles. The van der Waals surface area contributed by atoms with Crippen molar-refractivity contribution in [3.63, 3.8) is 0 Å². The molecule has 0 bridgehead atoms. The van der Waals surface area contributed by atoms with Crippen molar-refractivity contribution < 1.29 is 5.11 Å². The van der Waals surface area contributed by atoms with E-state index in [1.54, 1.807) is 0 Å². The van der Waals surface area contributed by atoms with Crippen molar-refractivity contribution in [2.45, 2.75) is 20.0 Å². The normalized spacial score (nSPS) is 17.3. The van der Waals surface area contributed by atoms with Gasteiger partial charge < -0.3 is 10.0 Å². The fraction of sp³-hybridized carbons (Fsp3) is 0.556. The molecule has 1 saturated heterocycles. The van der Waals surface area contributed by atoms with Gasteiger partial charge in [0.2, 0.25) is 5.95 Å². The Labute approximate surface area is 77.2 Å². The molecule has 0 aromatic carbocycles. The number of β-amino-alcohol motifs (C(OH)–C–C–N with tert-alkyl or cyclic N) is 1. The average molecular weight is 179 g/mol. The summed E-state index contributed by atoms with van der Waals surface area (Å²) in [5, 5.41) is 9.12. The third kappa shape index (κ3) is 1.62. The van der Waals surface area contributed by atoms with Gasteiger partial charge in [0.1, 0.15) is 0 Å². The molecule has 1 aromatic rings. The van der Waals surface area contributed by atoms with E-state index in [1.807, 2.05) is 24.8 Å². The molecule has 13 heavy (non-hydrogen) atoms. The number of rotatable bonds is 1. The molecule has 0 radical (unpaired) electrons. The van der Waals surface area contributed by atoms with Crippen LogP contribution < -0.4 is 4.90 Å². The molecule has 0 saturated carbocycles. The van der Waals surface area contributed by atoms with E-state index in [4.69, 9.17) is 5.11 Å². The standard InChI is InChI=1S/C9H13N3O/c1-6-3-7(2)11-9(10-6)12-4-8(13)5-12/h3,8,13H,4-5H2,1-2H3. The Hall–Kier alpha value is -1.16. The van der Waals surface area contributed by atoms with Gasteiger partial charge in [-0.15, -0.1) is 0 Å². The van der Waals surface area contributed by atoms with Crippen LogP contribution in [0.15, 0.2) is 6.07 Å². The third-order valence-electron chi connectivity index (χ3n) is 2.12. The predicted octanol–water partition coefficient (Wildman–Crippen LogP) is 0.274. The lowest BCUT2D eigenvalue weighted by Gasteiger charge is -2.35. The first-order valence-electron chi connectivity index (χ1n) is 4.40. The lowest BCUT2D eigenvalue weighted by molar-refractivity contribution is 0.140. The quantitative estimate of drug-likeness (QED) is 0.672. The number of aliphatic hydroxyl groups is 1. The van der Waals surface area contributed by atoms with Gasteiger partial charge in [-0.2, -0.15) is 0 Å². The summed E-state index contributed by atoms with van der Waals surface area (Å²) in [6, 6.07) is 1.94. The molecule has 1 fully saturated rings. The maximum atomic E-state index is 9.12. The summed E-state index contributed by atoms with van der Waals surface area (Å²) in [4.78, 5) is 10.6. The second kappa shape index (κ2) is 2.96. The number of aromatic nitrogens is 2. The highest BCUT2D eigenvalue weighted by atomic mass is 16.3. The Kier molecular flexibility index (Phi) is 1.92. The Bertz CT molecular complexity index is 300. The smallest absolute Gasteiger partial charge is 0.225 e. The third-order valence-corrected chi connectivity index (χ3v) is 2.12. The predicted molar refractivity (Wildman–Crippen MR) is 49.7 cm³/mol. The fourth-order valence-electron chi connectivity index (χ4n) is 1.47. The summed E-state index contributed by atoms with van der Waals surface area (Å²) in [7, 11) is 0. The van der Waals surface area contributed by atoms with Crippen LogP contribution >= 0.6 is 0 Å². The van der Waals surface area contributed by atoms with Gasteiger partial charge in [0.05, 0.1) is 6.10 Å². The van der Waals surface area contributed by atoms with Crippen LogP contribution in [0.4, 0.5) is 5.95 Å². The average Bonchev–Trinajstić information content (AvgIpc) is 1.96. The van der Waals surface area contributed by atoms with Crippen molar-refractivity contribution in [3.8, 4) is 0 Å². The lowest BCUT2D eigenvalue weighted by Crippen LogP contribution is -2.51. The van der Waals surface area contributed by atoms with Crippen LogP contribution in [-0.4, -0.2) is 34.3 Å². The minimum Gasteiger partial charge on any atom is -0.389 e. The summed E-state index contributed by atoms with van der Waals surface area (Å²) < 4.78 is 0. The van der Waals surface area contributed by atoms with Crippen molar-refractivity contribution in [3.05, 3.63) is 17.5 Å². The van der Waals surface area contributed by atoms with Gasteiger partial charge in [-0.25, -0.2) is 9.97 Å². The molecule has 0 unspecified atom stereocenters. The Morgan fingerprint density at radius 3 is 2.31 bits per heavy atom. The minimum absolute atomic E-state index is 0.204. The first-order chi connectivity index (χ1) is 6.15. The fourth-order valence-corrected chi connectivity index (χ4v) is 1.47. The molecule has 0 amide bonds. The van der Waals surface area contributed by atoms with Crippen LogP contribution in [0.2, 0.25) is 0 Å². The number of hydrogen-bond donors (Lipinski definition) is 1. The topological polar surface area (TPSA) is 49.2 Å². The van der Waals surface area contributed by atoms with E-state index in [0.717, 1.165) is 17.3 Å². The molecule has 2 rings (SSSR count). The first kappa shape index (κ1) is 8.44. The maximum Gasteiger partial charge on any atom is 0.225 e. The zero-order chi connectivity index (χ0) is 9.42. The molecule has 0 spiro atoms. The highest BCUT2D eigenvalue weighted by molar-refractivity contribution is 5.36. The molecule has 1 aliphatic heterocycles. The molecule has 1 aromatic heterocycles. The summed E-state index contributed by atoms with van der Waals surface area (Å²) in [6.45, 7) is 5.22. The van der Waals surface area contributed by atoms with Gasteiger partial charge in [0, 0.05) is 24.5 Å². The van der Waals surface area contributed by atoms with Crippen molar-refractivity contribution in [1.82, 2.24) is 9.97 Å². The maximum absolute atomic E-state index is 9.12. The molecule has 1 N–H and O–H groups in total. The first-order valence-corrected chi connectivity index (χ1v) is 4.40. The van der Waals surface area contributed by atoms with Crippen LogP contribution in [-0.2, 0) is 0 Å². The highest BCUT2D eigenvalue weighted by Crippen LogP contribution is 2.16. The van der Waals surface area contributed by atoms with E-state index in [2.05, 4.69) is 9.97 Å². The lowest BCUT2D eigenvalue weighted by atomic mass is 10.2. The van der Waals surface area contributed by atoms with Gasteiger partial charge in [-0.3, -0.25) is 0 Å². The van der Waals surface area contributed by atoms with Crippen LogP contribution in [0.5, 0.6) is 0 Å². The van der Waals surface area contributed by atoms with Crippen LogP contribution in [0, 0.1) is 13.8 Å². The van der Waals surface area contributed by atoms with Gasteiger partial charge in [0.25, 0.3) is 0 Å². The van der Waals surface area contributed by atoms with Gasteiger partial charge in [0.15, 0.2) is 0 Å². The van der Waals surface area contributed by atoms with E-state index in [-0.39, 0.29) is 6.10 Å². The van der Waals surface area contributed by atoms with Gasteiger partial charge in [-0.1, -0.05) is 0 Å². The second-order valence-corrected chi connectivity index (χ2v) is 3.51. The SMILES string of the molecule is Cc1cc(C)nc(N2CC(O)C2)n1. The van der Waals surface area contributed by atoms with Crippen molar-refractivity contribution in [2.75, 3.05) is 18.0 Å². The molecule has 2 heterocycles. The summed E-state index contributed by atoms with van der Waals surface area (Å²) in [5.41, 5.74) is 1.95. The number of hydrogen-bond acceptors (Lipinski definition) is 4. The molecule has 70 valence electrons. The molecule has 0 atom stereocenters. The second-order valence-electron chi connectivity index (χ2n) is 3.51. The van der Waals surface area contributed by atoms with Crippen molar-refractivity contribution >= 4 is 5.95 Å². The summed E-state index contributed by atoms with van der Waals surface area (Å²) in [6.07, 6.45) is -0.204. The minimum atomic E-state index is -0.204. The largest absolute Gasteiger partial charge is 0.389 e. The van der Waals surface area contributed by atoms with Crippen LogP contribution in [0.3, 0.4) is 0 Å². The Morgan fingerprint density at radius 1 is 1.31 bits per heavy atom. The van der Waals surface area contributed by atoms with Gasteiger partial charge >= 0.3 is 0 Å². The van der Waals surface area contributed by atoms with E-state index < -0.39 is 0 Å². The van der Waals surface area contributed by atoms with E-state index >= 15 is 0 Å². The number of aliphatic hydroxyl groups excluding tert-OH is 1. The van der Waals surface area contributed by atoms with Crippen molar-refractivity contribution in [1.29, 1.82) is 0 Å². The molecular formula is C9H13N3O. The molecular weight excluding hydrogens is 166 g/mol. The summed E-state index contributed by atoms with van der Waals surface area (Å²) >= 11 is 0.